The van der Waals surface area contributed by atoms with E-state index in [0.29, 0.717) is 0 Å². The van der Waals surface area contributed by atoms with Crippen LogP contribution in [0.1, 0.15) is 5.56 Å². The summed E-state index contributed by atoms with van der Waals surface area (Å²) >= 11 is 3.27. The van der Waals surface area contributed by atoms with Crippen molar-refractivity contribution in [2.75, 3.05) is 13.1 Å². The van der Waals surface area contributed by atoms with E-state index in [1.54, 1.807) is 13.0 Å². The van der Waals surface area contributed by atoms with Gasteiger partial charge in [-0.2, -0.15) is 4.31 Å². The van der Waals surface area contributed by atoms with Crippen LogP contribution in [0.15, 0.2) is 27.6 Å². The maximum absolute atomic E-state index is 13.1. The van der Waals surface area contributed by atoms with Gasteiger partial charge in [0.25, 0.3) is 0 Å². The van der Waals surface area contributed by atoms with Gasteiger partial charge in [-0.25, -0.2) is 17.2 Å². The van der Waals surface area contributed by atoms with Crippen LogP contribution >= 0.6 is 15.9 Å². The number of rotatable bonds is 2. The summed E-state index contributed by atoms with van der Waals surface area (Å²) in [6.45, 7) is 0.917. The minimum absolute atomic E-state index is 0.0597. The van der Waals surface area contributed by atoms with Crippen molar-refractivity contribution in [1.29, 1.82) is 0 Å². The molecule has 1 aliphatic heterocycles. The monoisotopic (exact) mass is 339 g/mol. The summed E-state index contributed by atoms with van der Waals surface area (Å²) in [4.78, 5) is 0.0597. The Kier molecular flexibility index (Phi) is 3.75. The first kappa shape index (κ1) is 13.9. The van der Waals surface area contributed by atoms with Gasteiger partial charge in [-0.3, -0.25) is 0 Å². The highest BCUT2D eigenvalue weighted by Gasteiger charge is 2.39. The van der Waals surface area contributed by atoms with Gasteiger partial charge >= 0.3 is 0 Å². The normalized spacial score (nSPS) is 25.6. The van der Waals surface area contributed by atoms with Crippen molar-refractivity contribution >= 4 is 26.0 Å². The van der Waals surface area contributed by atoms with Crippen molar-refractivity contribution in [3.05, 3.63) is 28.2 Å². The van der Waals surface area contributed by atoms with Gasteiger partial charge in [-0.05, 0) is 30.7 Å². The molecular weight excluding hydrogens is 328 g/mol. The van der Waals surface area contributed by atoms with E-state index in [1.165, 1.54) is 12.1 Å². The fraction of sp³-hybridized carbons (Fsp3) is 0.455. The van der Waals surface area contributed by atoms with E-state index in [1.807, 2.05) is 0 Å². The summed E-state index contributed by atoms with van der Waals surface area (Å²) in [5.74, 6) is 0. The lowest BCUT2D eigenvalue weighted by Crippen LogP contribution is -2.29. The lowest BCUT2D eigenvalue weighted by Gasteiger charge is -2.15. The van der Waals surface area contributed by atoms with Gasteiger partial charge in [-0.15, -0.1) is 0 Å². The largest absolute Gasteiger partial charge is 0.243 e. The number of sulfonamides is 1. The van der Waals surface area contributed by atoms with Crippen LogP contribution in [-0.2, 0) is 10.0 Å². The van der Waals surface area contributed by atoms with Gasteiger partial charge in [0.15, 0.2) is 0 Å². The SMILES string of the molecule is Cc1cc(S(=O)(=O)N2C[C@@H](F)[C@@H](F)C2)ccc1Br. The van der Waals surface area contributed by atoms with Gasteiger partial charge in [0.1, 0.15) is 12.3 Å². The molecule has 0 saturated carbocycles. The van der Waals surface area contributed by atoms with Crippen molar-refractivity contribution in [1.82, 2.24) is 4.31 Å². The maximum Gasteiger partial charge on any atom is 0.243 e. The smallest absolute Gasteiger partial charge is 0.243 e. The van der Waals surface area contributed by atoms with Crippen LogP contribution in [0, 0.1) is 6.92 Å². The minimum atomic E-state index is -3.81. The third-order valence-electron chi connectivity index (χ3n) is 2.92. The Morgan fingerprint density at radius 1 is 1.28 bits per heavy atom. The average molecular weight is 340 g/mol. The lowest BCUT2D eigenvalue weighted by molar-refractivity contribution is 0.217. The molecule has 0 aromatic heterocycles. The topological polar surface area (TPSA) is 37.4 Å². The van der Waals surface area contributed by atoms with Gasteiger partial charge < -0.3 is 0 Å². The minimum Gasteiger partial charge on any atom is -0.243 e. The molecule has 0 radical (unpaired) electrons. The first-order valence-electron chi connectivity index (χ1n) is 5.37. The van der Waals surface area contributed by atoms with E-state index in [2.05, 4.69) is 15.9 Å². The van der Waals surface area contributed by atoms with Crippen LogP contribution in [0.3, 0.4) is 0 Å². The van der Waals surface area contributed by atoms with Crippen LogP contribution in [0.25, 0.3) is 0 Å². The fourth-order valence-corrected chi connectivity index (χ4v) is 3.60. The summed E-state index contributed by atoms with van der Waals surface area (Å²) in [6, 6.07) is 4.52. The molecule has 0 amide bonds. The molecule has 1 heterocycles. The third-order valence-corrected chi connectivity index (χ3v) is 5.63. The molecule has 7 heteroatoms. The Bertz CT molecular complexity index is 554. The standard InChI is InChI=1S/C11H12BrF2NO2S/c1-7-4-8(2-3-9(7)12)18(16,17)15-5-10(13)11(14)6-15/h2-4,10-11H,5-6H2,1H3/t10-,11+. The molecule has 2 rings (SSSR count). The van der Waals surface area contributed by atoms with E-state index in [0.717, 1.165) is 14.3 Å². The van der Waals surface area contributed by atoms with E-state index in [4.69, 9.17) is 0 Å². The van der Waals surface area contributed by atoms with Gasteiger partial charge in [0.2, 0.25) is 10.0 Å². The molecule has 18 heavy (non-hydrogen) atoms. The van der Waals surface area contributed by atoms with E-state index in [-0.39, 0.29) is 4.90 Å². The van der Waals surface area contributed by atoms with Crippen molar-refractivity contribution in [3.63, 3.8) is 0 Å². The second-order valence-electron chi connectivity index (χ2n) is 4.26. The summed E-state index contributed by atoms with van der Waals surface area (Å²) in [5, 5.41) is 0. The molecule has 1 aromatic carbocycles. The second kappa shape index (κ2) is 4.86. The molecule has 100 valence electrons. The molecule has 2 atom stereocenters. The van der Waals surface area contributed by atoms with E-state index >= 15 is 0 Å². The van der Waals surface area contributed by atoms with Gasteiger partial charge in [-0.1, -0.05) is 15.9 Å². The number of nitrogens with zero attached hydrogens (tertiary/aromatic N) is 1. The summed E-state index contributed by atoms with van der Waals surface area (Å²) < 4.78 is 52.1. The van der Waals surface area contributed by atoms with Crippen molar-refractivity contribution in [2.45, 2.75) is 24.2 Å². The molecule has 0 spiro atoms. The molecule has 0 unspecified atom stereocenters. The summed E-state index contributed by atoms with van der Waals surface area (Å²) in [7, 11) is -3.81. The van der Waals surface area contributed by atoms with Crippen molar-refractivity contribution < 1.29 is 17.2 Å². The highest BCUT2D eigenvalue weighted by Crippen LogP contribution is 2.26. The maximum atomic E-state index is 13.1. The molecule has 1 aromatic rings. The highest BCUT2D eigenvalue weighted by molar-refractivity contribution is 9.10. The predicted octanol–water partition coefficient (Wildman–Crippen LogP) is 2.44. The molecule has 0 aliphatic carbocycles. The van der Waals surface area contributed by atoms with Crippen LogP contribution in [-0.4, -0.2) is 38.2 Å². The van der Waals surface area contributed by atoms with Crippen LogP contribution in [0.5, 0.6) is 0 Å². The van der Waals surface area contributed by atoms with E-state index < -0.39 is 35.5 Å². The first-order chi connectivity index (χ1) is 8.32. The third kappa shape index (κ3) is 2.44. The fourth-order valence-electron chi connectivity index (χ4n) is 1.82. The number of aryl methyl sites for hydroxylation is 1. The number of halogens is 3. The Morgan fingerprint density at radius 3 is 2.33 bits per heavy atom. The molecule has 1 fully saturated rings. The summed E-state index contributed by atoms with van der Waals surface area (Å²) in [5.41, 5.74) is 0.754. The zero-order valence-corrected chi connectivity index (χ0v) is 12.0. The Hall–Kier alpha value is -0.530. The van der Waals surface area contributed by atoms with Crippen LogP contribution < -0.4 is 0 Å². The molecule has 1 aliphatic rings. The van der Waals surface area contributed by atoms with Gasteiger partial charge in [0, 0.05) is 17.6 Å². The lowest BCUT2D eigenvalue weighted by atomic mass is 10.2. The molecule has 1 saturated heterocycles. The number of alkyl halides is 2. The number of benzene rings is 1. The zero-order valence-electron chi connectivity index (χ0n) is 9.61. The van der Waals surface area contributed by atoms with Crippen molar-refractivity contribution in [3.8, 4) is 0 Å². The Labute approximate surface area is 113 Å². The molecule has 3 nitrogen and oxygen atoms in total. The van der Waals surface area contributed by atoms with Crippen molar-refractivity contribution in [2.24, 2.45) is 0 Å². The van der Waals surface area contributed by atoms with Crippen LogP contribution in [0.2, 0.25) is 0 Å². The first-order valence-corrected chi connectivity index (χ1v) is 7.60. The Morgan fingerprint density at radius 2 is 1.83 bits per heavy atom. The number of hydrogen-bond donors (Lipinski definition) is 0. The second-order valence-corrected chi connectivity index (χ2v) is 7.06. The highest BCUT2D eigenvalue weighted by atomic mass is 79.9. The van der Waals surface area contributed by atoms with Crippen LogP contribution in [0.4, 0.5) is 8.78 Å². The quantitative estimate of drug-likeness (QED) is 0.829. The Balaban J connectivity index is 2.34. The molecule has 0 N–H and O–H groups in total. The summed E-state index contributed by atoms with van der Waals surface area (Å²) in [6.07, 6.45) is -3.48. The number of hydrogen-bond acceptors (Lipinski definition) is 2. The zero-order chi connectivity index (χ0) is 13.5. The van der Waals surface area contributed by atoms with Gasteiger partial charge in [0.05, 0.1) is 4.90 Å². The molecular formula is C11H12BrF2NO2S. The average Bonchev–Trinajstić information content (AvgIpc) is 2.64. The predicted molar refractivity (Wildman–Crippen MR) is 67.4 cm³/mol. The van der Waals surface area contributed by atoms with E-state index in [9.17, 15) is 17.2 Å². The molecule has 0 bridgehead atoms.